The van der Waals surface area contributed by atoms with Crippen LogP contribution < -0.4 is 10.4 Å². The van der Waals surface area contributed by atoms with Gasteiger partial charge in [-0.25, -0.2) is 8.78 Å². The molecule has 0 saturated heterocycles. The number of aromatic nitrogens is 3. The first-order valence-corrected chi connectivity index (χ1v) is 13.1. The first-order valence-electron chi connectivity index (χ1n) is 12.3. The summed E-state index contributed by atoms with van der Waals surface area (Å²) in [6.45, 7) is 6.79. The molecule has 0 spiro atoms. The second kappa shape index (κ2) is 10.0. The molecule has 194 valence electrons. The van der Waals surface area contributed by atoms with Gasteiger partial charge in [-0.15, -0.1) is 10.2 Å². The van der Waals surface area contributed by atoms with E-state index in [0.29, 0.717) is 24.0 Å². The molecule has 1 amide bonds. The molecule has 11 heteroatoms. The Bertz CT molecular complexity index is 1420. The molecular formula is C26H27F2N5O3S. The maximum absolute atomic E-state index is 14.1. The summed E-state index contributed by atoms with van der Waals surface area (Å²) in [6, 6.07) is 3.31. The zero-order valence-corrected chi connectivity index (χ0v) is 21.2. The van der Waals surface area contributed by atoms with Gasteiger partial charge in [-0.05, 0) is 43.4 Å². The molecule has 0 radical (unpaired) electrons. The minimum Gasteiger partial charge on any atom is -0.502 e. The highest BCUT2D eigenvalue weighted by Gasteiger charge is 2.39. The number of halogens is 2. The topological polar surface area (TPSA) is 91.6 Å². The van der Waals surface area contributed by atoms with Gasteiger partial charge < -0.3 is 10.0 Å². The van der Waals surface area contributed by atoms with Crippen molar-refractivity contribution in [2.75, 3.05) is 18.1 Å². The largest absolute Gasteiger partial charge is 0.502 e. The van der Waals surface area contributed by atoms with Gasteiger partial charge >= 0.3 is 0 Å². The van der Waals surface area contributed by atoms with Crippen molar-refractivity contribution in [2.24, 2.45) is 5.92 Å². The average molecular weight is 528 g/mol. The molecular weight excluding hydrogens is 500 g/mol. The fourth-order valence-electron chi connectivity index (χ4n) is 5.18. The number of hydrogen-bond donors (Lipinski definition) is 1. The zero-order chi connectivity index (χ0) is 26.3. The Kier molecular flexibility index (Phi) is 6.80. The van der Waals surface area contributed by atoms with Gasteiger partial charge in [0.25, 0.3) is 5.91 Å². The van der Waals surface area contributed by atoms with Crippen LogP contribution in [0.4, 0.5) is 8.78 Å². The molecule has 3 heterocycles. The summed E-state index contributed by atoms with van der Waals surface area (Å²) in [5, 5.41) is 21.8. The molecule has 1 N–H and O–H groups in total. The van der Waals surface area contributed by atoms with Crippen LogP contribution in [0.1, 0.15) is 53.7 Å². The molecule has 1 aliphatic heterocycles. The van der Waals surface area contributed by atoms with Crippen LogP contribution in [0.5, 0.6) is 5.75 Å². The van der Waals surface area contributed by atoms with E-state index in [9.17, 15) is 23.5 Å². The van der Waals surface area contributed by atoms with Crippen molar-refractivity contribution in [3.63, 3.8) is 0 Å². The molecule has 1 atom stereocenters. The summed E-state index contributed by atoms with van der Waals surface area (Å²) in [6.07, 6.45) is 7.24. The lowest BCUT2D eigenvalue weighted by atomic mass is 10.1. The van der Waals surface area contributed by atoms with E-state index in [2.05, 4.69) is 16.8 Å². The van der Waals surface area contributed by atoms with E-state index in [4.69, 9.17) is 0 Å². The fraction of sp³-hybridized carbons (Fsp3) is 0.385. The Morgan fingerprint density at radius 2 is 1.97 bits per heavy atom. The van der Waals surface area contributed by atoms with Crippen LogP contribution in [0.15, 0.2) is 41.8 Å². The van der Waals surface area contributed by atoms with Gasteiger partial charge in [0.05, 0.1) is 5.56 Å². The standard InChI is InChI=1S/C26H27F2N5O3S/c1-3-21-31(4-2)26(36)22-24(35)23(34)18(14-33(22)32(21)13-15-7-5-6-8-15)25-30-29-20(37-25)11-16-9-10-17(27)12-19(16)28/h3,9-10,12,14-15,21,35H,1,4-8,11,13H2,2H3/t21-/m0/s1. The Balaban J connectivity index is 1.57. The van der Waals surface area contributed by atoms with E-state index in [1.807, 2.05) is 11.9 Å². The van der Waals surface area contributed by atoms with Gasteiger partial charge in [0, 0.05) is 31.8 Å². The minimum absolute atomic E-state index is 0.0678. The number of pyridine rings is 1. The van der Waals surface area contributed by atoms with E-state index in [1.54, 1.807) is 15.7 Å². The number of amides is 1. The molecule has 1 aliphatic carbocycles. The lowest BCUT2D eigenvalue weighted by molar-refractivity contribution is 0.0627. The van der Waals surface area contributed by atoms with Gasteiger partial charge in [-0.3, -0.25) is 19.3 Å². The Labute approximate surface area is 216 Å². The van der Waals surface area contributed by atoms with Gasteiger partial charge in [0.1, 0.15) is 22.8 Å². The van der Waals surface area contributed by atoms with Crippen LogP contribution in [0.2, 0.25) is 0 Å². The summed E-state index contributed by atoms with van der Waals surface area (Å²) >= 11 is 1.07. The summed E-state index contributed by atoms with van der Waals surface area (Å²) in [7, 11) is 0. The molecule has 1 aromatic carbocycles. The summed E-state index contributed by atoms with van der Waals surface area (Å²) < 4.78 is 28.9. The summed E-state index contributed by atoms with van der Waals surface area (Å²) in [4.78, 5) is 28.1. The Morgan fingerprint density at radius 3 is 2.65 bits per heavy atom. The second-order valence-corrected chi connectivity index (χ2v) is 10.4. The van der Waals surface area contributed by atoms with Gasteiger partial charge in [-0.2, -0.15) is 0 Å². The van der Waals surface area contributed by atoms with Gasteiger partial charge in [0.15, 0.2) is 16.5 Å². The minimum atomic E-state index is -0.732. The number of carbonyl (C=O) groups excluding carboxylic acids is 1. The highest BCUT2D eigenvalue weighted by atomic mass is 32.1. The normalized spacial score (nSPS) is 17.9. The van der Waals surface area contributed by atoms with Crippen LogP contribution in [-0.2, 0) is 6.42 Å². The molecule has 8 nitrogen and oxygen atoms in total. The molecule has 2 aromatic heterocycles. The SMILES string of the molecule is C=C[C@H]1N(CC)C(=O)c2c(O)c(=O)c(-c3nnc(Cc4ccc(F)cc4F)s3)cn2N1CC1CCCC1. The van der Waals surface area contributed by atoms with Crippen LogP contribution in [0.25, 0.3) is 10.6 Å². The third kappa shape index (κ3) is 4.52. The van der Waals surface area contributed by atoms with Gasteiger partial charge in [0.2, 0.25) is 5.43 Å². The third-order valence-electron chi connectivity index (χ3n) is 7.05. The predicted molar refractivity (Wildman–Crippen MR) is 136 cm³/mol. The number of likely N-dealkylation sites (N-methyl/N-ethyl adjacent to an activating group) is 1. The predicted octanol–water partition coefficient (Wildman–Crippen LogP) is 4.06. The van der Waals surface area contributed by atoms with Crippen molar-refractivity contribution in [1.82, 2.24) is 19.8 Å². The van der Waals surface area contributed by atoms with Crippen LogP contribution in [0, 0.1) is 17.6 Å². The summed E-state index contributed by atoms with van der Waals surface area (Å²) in [5.74, 6) is -2.07. The van der Waals surface area contributed by atoms with Crippen LogP contribution in [-0.4, -0.2) is 50.0 Å². The van der Waals surface area contributed by atoms with E-state index in [1.165, 1.54) is 18.3 Å². The van der Waals surface area contributed by atoms with E-state index >= 15 is 0 Å². The smallest absolute Gasteiger partial charge is 0.278 e. The van der Waals surface area contributed by atoms with Crippen molar-refractivity contribution >= 4 is 17.2 Å². The number of fused-ring (bicyclic) bond motifs is 1. The first-order chi connectivity index (χ1) is 17.8. The second-order valence-electron chi connectivity index (χ2n) is 9.34. The number of rotatable bonds is 7. The van der Waals surface area contributed by atoms with Crippen molar-refractivity contribution in [3.8, 4) is 16.3 Å². The van der Waals surface area contributed by atoms with Crippen LogP contribution in [0.3, 0.4) is 0 Å². The van der Waals surface area contributed by atoms with Crippen molar-refractivity contribution < 1.29 is 18.7 Å². The fourth-order valence-corrected chi connectivity index (χ4v) is 6.05. The summed E-state index contributed by atoms with van der Waals surface area (Å²) in [5.41, 5.74) is -0.494. The lowest BCUT2D eigenvalue weighted by Crippen LogP contribution is -2.61. The van der Waals surface area contributed by atoms with E-state index < -0.39 is 34.9 Å². The Hall–Kier alpha value is -3.60. The number of benzene rings is 1. The first kappa shape index (κ1) is 25.1. The zero-order valence-electron chi connectivity index (χ0n) is 20.4. The van der Waals surface area contributed by atoms with E-state index in [-0.39, 0.29) is 28.2 Å². The van der Waals surface area contributed by atoms with Crippen molar-refractivity contribution in [1.29, 1.82) is 0 Å². The molecule has 2 aliphatic rings. The lowest BCUT2D eigenvalue weighted by Gasteiger charge is -2.46. The van der Waals surface area contributed by atoms with Crippen LogP contribution >= 0.6 is 11.3 Å². The molecule has 1 fully saturated rings. The highest BCUT2D eigenvalue weighted by Crippen LogP contribution is 2.32. The third-order valence-corrected chi connectivity index (χ3v) is 8.01. The monoisotopic (exact) mass is 527 g/mol. The maximum Gasteiger partial charge on any atom is 0.278 e. The maximum atomic E-state index is 14.1. The molecule has 3 aromatic rings. The van der Waals surface area contributed by atoms with Gasteiger partial charge in [-0.1, -0.05) is 36.8 Å². The van der Waals surface area contributed by atoms with Crippen molar-refractivity contribution in [3.05, 3.63) is 75.2 Å². The van der Waals surface area contributed by atoms with E-state index in [0.717, 1.165) is 43.1 Å². The quantitative estimate of drug-likeness (QED) is 0.466. The van der Waals surface area contributed by atoms with Crippen molar-refractivity contribution in [2.45, 2.75) is 45.2 Å². The number of nitrogens with zero attached hydrogens (tertiary/aromatic N) is 5. The number of hydrogen-bond acceptors (Lipinski definition) is 7. The highest BCUT2D eigenvalue weighted by molar-refractivity contribution is 7.14. The molecule has 5 rings (SSSR count). The molecule has 0 bridgehead atoms. The molecule has 37 heavy (non-hydrogen) atoms. The number of aromatic hydroxyl groups is 1. The Morgan fingerprint density at radius 1 is 1.22 bits per heavy atom. The molecule has 1 saturated carbocycles. The average Bonchev–Trinajstić information content (AvgIpc) is 3.56. The molecule has 0 unspecified atom stereocenters. The number of carbonyl (C=O) groups is 1.